The lowest BCUT2D eigenvalue weighted by Crippen LogP contribution is -2.34. The number of benzene rings is 1. The summed E-state index contributed by atoms with van der Waals surface area (Å²) < 4.78 is 0. The van der Waals surface area contributed by atoms with Crippen LogP contribution >= 0.6 is 0 Å². The van der Waals surface area contributed by atoms with Gasteiger partial charge in [-0.2, -0.15) is 0 Å². The number of nitrogens with zero attached hydrogens (tertiary/aromatic N) is 1. The molecule has 0 saturated carbocycles. The molecule has 3 nitrogen and oxygen atoms in total. The molecule has 1 aromatic rings. The number of anilines is 1. The average Bonchev–Trinajstić information content (AvgIpc) is 2.34. The molecule has 0 aromatic heterocycles. The first-order chi connectivity index (χ1) is 8.49. The zero-order valence-electron chi connectivity index (χ0n) is 12.1. The van der Waals surface area contributed by atoms with Crippen LogP contribution in [-0.4, -0.2) is 30.9 Å². The van der Waals surface area contributed by atoms with Gasteiger partial charge in [-0.25, -0.2) is 0 Å². The Labute approximate surface area is 110 Å². The standard InChI is InChI=1S/C15H24N2O/c1-6-17(10-11(2)3)15(18)13-9-12(4)7-8-14(13)16-5/h7-9,11,16H,6,10H2,1-5H3. The zero-order valence-corrected chi connectivity index (χ0v) is 12.1. The van der Waals surface area contributed by atoms with Gasteiger partial charge < -0.3 is 10.2 Å². The van der Waals surface area contributed by atoms with Crippen molar-refractivity contribution in [2.75, 3.05) is 25.5 Å². The molecule has 1 rings (SSSR count). The molecule has 0 bridgehead atoms. The lowest BCUT2D eigenvalue weighted by molar-refractivity contribution is 0.0746. The van der Waals surface area contributed by atoms with Crippen LogP contribution in [0.25, 0.3) is 0 Å². The van der Waals surface area contributed by atoms with Gasteiger partial charge in [-0.1, -0.05) is 25.5 Å². The van der Waals surface area contributed by atoms with Gasteiger partial charge in [0.2, 0.25) is 0 Å². The van der Waals surface area contributed by atoms with Gasteiger partial charge in [-0.15, -0.1) is 0 Å². The fourth-order valence-electron chi connectivity index (χ4n) is 2.02. The van der Waals surface area contributed by atoms with E-state index in [1.807, 2.05) is 44.0 Å². The van der Waals surface area contributed by atoms with Gasteiger partial charge in [0, 0.05) is 25.8 Å². The number of hydrogen-bond acceptors (Lipinski definition) is 2. The molecule has 0 fully saturated rings. The Morgan fingerprint density at radius 3 is 2.56 bits per heavy atom. The van der Waals surface area contributed by atoms with Gasteiger partial charge in [0.25, 0.3) is 5.91 Å². The maximum Gasteiger partial charge on any atom is 0.255 e. The summed E-state index contributed by atoms with van der Waals surface area (Å²) in [5.41, 5.74) is 2.77. The number of rotatable bonds is 5. The molecule has 1 N–H and O–H groups in total. The van der Waals surface area contributed by atoms with Crippen molar-refractivity contribution in [1.82, 2.24) is 4.90 Å². The monoisotopic (exact) mass is 248 g/mol. The minimum Gasteiger partial charge on any atom is -0.387 e. The molecule has 0 aliphatic carbocycles. The summed E-state index contributed by atoms with van der Waals surface area (Å²) in [6, 6.07) is 5.93. The van der Waals surface area contributed by atoms with Gasteiger partial charge in [0.15, 0.2) is 0 Å². The first kappa shape index (κ1) is 14.6. The van der Waals surface area contributed by atoms with Crippen LogP contribution in [0.3, 0.4) is 0 Å². The van der Waals surface area contributed by atoms with E-state index in [1.54, 1.807) is 0 Å². The summed E-state index contributed by atoms with van der Waals surface area (Å²) >= 11 is 0. The molecule has 0 aliphatic heterocycles. The first-order valence-corrected chi connectivity index (χ1v) is 6.57. The third-order valence-electron chi connectivity index (χ3n) is 2.93. The molecule has 100 valence electrons. The maximum absolute atomic E-state index is 12.5. The van der Waals surface area contributed by atoms with Crippen molar-refractivity contribution in [3.05, 3.63) is 29.3 Å². The van der Waals surface area contributed by atoms with Crippen molar-refractivity contribution in [2.24, 2.45) is 5.92 Å². The average molecular weight is 248 g/mol. The molecule has 0 saturated heterocycles. The molecular formula is C15H24N2O. The van der Waals surface area contributed by atoms with Gasteiger partial charge in [-0.05, 0) is 31.9 Å². The van der Waals surface area contributed by atoms with E-state index in [4.69, 9.17) is 0 Å². The second kappa shape index (κ2) is 6.43. The predicted molar refractivity (Wildman–Crippen MR) is 77.1 cm³/mol. The Morgan fingerprint density at radius 1 is 1.39 bits per heavy atom. The molecular weight excluding hydrogens is 224 g/mol. The molecule has 0 unspecified atom stereocenters. The van der Waals surface area contributed by atoms with Crippen molar-refractivity contribution in [1.29, 1.82) is 0 Å². The maximum atomic E-state index is 12.5. The summed E-state index contributed by atoms with van der Waals surface area (Å²) in [6.07, 6.45) is 0. The number of hydrogen-bond donors (Lipinski definition) is 1. The third kappa shape index (κ3) is 3.49. The van der Waals surface area contributed by atoms with Crippen LogP contribution in [0.4, 0.5) is 5.69 Å². The summed E-state index contributed by atoms with van der Waals surface area (Å²) in [5.74, 6) is 0.594. The fraction of sp³-hybridized carbons (Fsp3) is 0.533. The van der Waals surface area contributed by atoms with Crippen molar-refractivity contribution in [3.63, 3.8) is 0 Å². The minimum atomic E-state index is 0.110. The van der Waals surface area contributed by atoms with Gasteiger partial charge in [0.1, 0.15) is 0 Å². The van der Waals surface area contributed by atoms with Crippen LogP contribution in [0.2, 0.25) is 0 Å². The van der Waals surface area contributed by atoms with E-state index in [0.29, 0.717) is 5.92 Å². The highest BCUT2D eigenvalue weighted by atomic mass is 16.2. The number of aryl methyl sites for hydroxylation is 1. The Morgan fingerprint density at radius 2 is 2.06 bits per heavy atom. The van der Waals surface area contributed by atoms with E-state index in [0.717, 1.165) is 29.9 Å². The van der Waals surface area contributed by atoms with E-state index in [1.165, 1.54) is 0 Å². The second-order valence-corrected chi connectivity index (χ2v) is 5.04. The normalized spacial score (nSPS) is 10.6. The molecule has 0 spiro atoms. The number of carbonyl (C=O) groups excluding carboxylic acids is 1. The van der Waals surface area contributed by atoms with Crippen LogP contribution in [0.5, 0.6) is 0 Å². The van der Waals surface area contributed by atoms with Crippen LogP contribution < -0.4 is 5.32 Å². The Hall–Kier alpha value is -1.51. The lowest BCUT2D eigenvalue weighted by Gasteiger charge is -2.24. The van der Waals surface area contributed by atoms with Crippen molar-refractivity contribution < 1.29 is 4.79 Å². The molecule has 0 aliphatic rings. The highest BCUT2D eigenvalue weighted by Crippen LogP contribution is 2.19. The highest BCUT2D eigenvalue weighted by Gasteiger charge is 2.18. The number of amides is 1. The molecule has 1 aromatic carbocycles. The highest BCUT2D eigenvalue weighted by molar-refractivity contribution is 5.99. The number of carbonyl (C=O) groups is 1. The lowest BCUT2D eigenvalue weighted by atomic mass is 10.1. The molecule has 18 heavy (non-hydrogen) atoms. The largest absolute Gasteiger partial charge is 0.387 e. The molecule has 3 heteroatoms. The SMILES string of the molecule is CCN(CC(C)C)C(=O)c1cc(C)ccc1NC. The Bertz CT molecular complexity index is 413. The van der Waals surface area contributed by atoms with E-state index >= 15 is 0 Å². The van der Waals surface area contributed by atoms with Crippen molar-refractivity contribution in [3.8, 4) is 0 Å². The quantitative estimate of drug-likeness (QED) is 0.868. The third-order valence-corrected chi connectivity index (χ3v) is 2.93. The summed E-state index contributed by atoms with van der Waals surface area (Å²) in [6.45, 7) is 9.83. The van der Waals surface area contributed by atoms with Crippen molar-refractivity contribution in [2.45, 2.75) is 27.7 Å². The van der Waals surface area contributed by atoms with Crippen LogP contribution in [0.1, 0.15) is 36.7 Å². The Balaban J connectivity index is 3.04. The number of nitrogens with one attached hydrogen (secondary N) is 1. The van der Waals surface area contributed by atoms with Crippen molar-refractivity contribution >= 4 is 11.6 Å². The fourth-order valence-corrected chi connectivity index (χ4v) is 2.02. The molecule has 0 atom stereocenters. The predicted octanol–water partition coefficient (Wildman–Crippen LogP) is 3.15. The smallest absolute Gasteiger partial charge is 0.255 e. The van der Waals surface area contributed by atoms with Gasteiger partial charge in [-0.3, -0.25) is 4.79 Å². The Kier molecular flexibility index (Phi) is 5.20. The van der Waals surface area contributed by atoms with Gasteiger partial charge in [0.05, 0.1) is 5.56 Å². The van der Waals surface area contributed by atoms with Crippen LogP contribution in [0, 0.1) is 12.8 Å². The van der Waals surface area contributed by atoms with E-state index in [2.05, 4.69) is 19.2 Å². The first-order valence-electron chi connectivity index (χ1n) is 6.57. The summed E-state index contributed by atoms with van der Waals surface area (Å²) in [5, 5.41) is 3.09. The summed E-state index contributed by atoms with van der Waals surface area (Å²) in [7, 11) is 1.85. The molecule has 0 heterocycles. The van der Waals surface area contributed by atoms with Gasteiger partial charge >= 0.3 is 0 Å². The van der Waals surface area contributed by atoms with E-state index in [9.17, 15) is 4.79 Å². The van der Waals surface area contributed by atoms with Crippen LogP contribution in [-0.2, 0) is 0 Å². The minimum absolute atomic E-state index is 0.110. The topological polar surface area (TPSA) is 32.3 Å². The van der Waals surface area contributed by atoms with E-state index < -0.39 is 0 Å². The second-order valence-electron chi connectivity index (χ2n) is 5.04. The van der Waals surface area contributed by atoms with E-state index in [-0.39, 0.29) is 5.91 Å². The summed E-state index contributed by atoms with van der Waals surface area (Å²) in [4.78, 5) is 14.4. The van der Waals surface area contributed by atoms with Crippen LogP contribution in [0.15, 0.2) is 18.2 Å². The molecule has 1 amide bonds. The molecule has 0 radical (unpaired) electrons. The zero-order chi connectivity index (χ0) is 13.7.